The van der Waals surface area contributed by atoms with Crippen LogP contribution in [0.25, 0.3) is 6.08 Å². The van der Waals surface area contributed by atoms with Crippen LogP contribution in [0.1, 0.15) is 50.9 Å². The fourth-order valence-electron chi connectivity index (χ4n) is 2.76. The minimum absolute atomic E-state index is 1.03. The molecule has 0 atom stereocenters. The van der Waals surface area contributed by atoms with E-state index in [1.165, 1.54) is 28.0 Å². The Labute approximate surface area is 123 Å². The number of nitrogens with one attached hydrogen (secondary N) is 1. The molecule has 102 valence electrons. The van der Waals surface area contributed by atoms with Crippen LogP contribution in [-0.4, -0.2) is 10.7 Å². The summed E-state index contributed by atoms with van der Waals surface area (Å²) in [5, 5.41) is 0. The molecule has 1 aromatic heterocycles. The third-order valence-corrected chi connectivity index (χ3v) is 4.69. The van der Waals surface area contributed by atoms with Crippen molar-refractivity contribution in [1.82, 2.24) is 4.98 Å². The molecule has 0 saturated carbocycles. The van der Waals surface area contributed by atoms with Crippen LogP contribution in [0.5, 0.6) is 0 Å². The number of rotatable bonds is 3. The molecular formula is C16H21BrN2. The van der Waals surface area contributed by atoms with E-state index in [0.29, 0.717) is 0 Å². The van der Waals surface area contributed by atoms with Crippen molar-refractivity contribution < 1.29 is 0 Å². The Hall–Kier alpha value is -1.09. The number of halogens is 1. The average Bonchev–Trinajstić information content (AvgIpc) is 2.78. The molecule has 1 aliphatic heterocycles. The molecule has 19 heavy (non-hydrogen) atoms. The van der Waals surface area contributed by atoms with Crippen molar-refractivity contribution in [3.8, 4) is 0 Å². The van der Waals surface area contributed by atoms with Crippen molar-refractivity contribution in [3.63, 3.8) is 0 Å². The van der Waals surface area contributed by atoms with E-state index in [9.17, 15) is 0 Å². The molecule has 0 unspecified atom stereocenters. The van der Waals surface area contributed by atoms with E-state index in [-0.39, 0.29) is 0 Å². The monoisotopic (exact) mass is 320 g/mol. The van der Waals surface area contributed by atoms with Gasteiger partial charge in [0.15, 0.2) is 0 Å². The van der Waals surface area contributed by atoms with Gasteiger partial charge in [0, 0.05) is 11.4 Å². The minimum atomic E-state index is 1.03. The van der Waals surface area contributed by atoms with Crippen molar-refractivity contribution in [2.24, 2.45) is 4.99 Å². The van der Waals surface area contributed by atoms with Crippen molar-refractivity contribution in [2.75, 3.05) is 0 Å². The van der Waals surface area contributed by atoms with Crippen LogP contribution in [0.3, 0.4) is 0 Å². The van der Waals surface area contributed by atoms with Crippen LogP contribution in [0.4, 0.5) is 0 Å². The van der Waals surface area contributed by atoms with Gasteiger partial charge >= 0.3 is 0 Å². The lowest BCUT2D eigenvalue weighted by Crippen LogP contribution is -1.91. The van der Waals surface area contributed by atoms with E-state index in [2.05, 4.69) is 61.6 Å². The van der Waals surface area contributed by atoms with Crippen LogP contribution in [0.2, 0.25) is 0 Å². The molecule has 2 heterocycles. The van der Waals surface area contributed by atoms with Gasteiger partial charge in [0.25, 0.3) is 0 Å². The predicted octanol–water partition coefficient (Wildman–Crippen LogP) is 5.19. The molecule has 0 amide bonds. The highest BCUT2D eigenvalue weighted by Gasteiger charge is 2.17. The summed E-state index contributed by atoms with van der Waals surface area (Å²) >= 11 is 3.58. The van der Waals surface area contributed by atoms with Gasteiger partial charge < -0.3 is 4.98 Å². The molecule has 0 spiro atoms. The molecule has 2 rings (SSSR count). The maximum atomic E-state index is 4.70. The molecule has 1 aliphatic rings. The van der Waals surface area contributed by atoms with Gasteiger partial charge in [-0.05, 0) is 77.9 Å². The van der Waals surface area contributed by atoms with Crippen LogP contribution >= 0.6 is 15.9 Å². The third kappa shape index (κ3) is 2.48. The molecule has 1 N–H and O–H groups in total. The van der Waals surface area contributed by atoms with E-state index < -0.39 is 0 Å². The second-order valence-corrected chi connectivity index (χ2v) is 5.79. The molecule has 2 nitrogen and oxygen atoms in total. The Bertz CT molecular complexity index is 601. The molecule has 0 aliphatic carbocycles. The molecule has 0 saturated heterocycles. The zero-order valence-electron chi connectivity index (χ0n) is 12.3. The number of aliphatic imine (C=N–C) groups is 1. The van der Waals surface area contributed by atoms with E-state index in [1.54, 1.807) is 0 Å². The number of aromatic nitrogens is 1. The van der Waals surface area contributed by atoms with Gasteiger partial charge in [-0.25, -0.2) is 0 Å². The maximum absolute atomic E-state index is 4.70. The normalized spacial score (nSPS) is 17.6. The highest BCUT2D eigenvalue weighted by molar-refractivity contribution is 9.10. The van der Waals surface area contributed by atoms with Gasteiger partial charge in [-0.1, -0.05) is 13.8 Å². The molecule has 0 aromatic carbocycles. The van der Waals surface area contributed by atoms with Crippen LogP contribution in [0.15, 0.2) is 26.4 Å². The fourth-order valence-corrected chi connectivity index (χ4v) is 3.21. The fraction of sp³-hybridized carbons (Fsp3) is 0.438. The summed E-state index contributed by atoms with van der Waals surface area (Å²) in [7, 11) is 0. The first-order chi connectivity index (χ1) is 8.99. The Balaban J connectivity index is 2.50. The van der Waals surface area contributed by atoms with Gasteiger partial charge in [-0.15, -0.1) is 0 Å². The van der Waals surface area contributed by atoms with E-state index in [4.69, 9.17) is 4.99 Å². The Morgan fingerprint density at radius 1 is 1.16 bits per heavy atom. The van der Waals surface area contributed by atoms with E-state index in [1.807, 2.05) is 0 Å². The largest absolute Gasteiger partial charge is 0.349 e. The van der Waals surface area contributed by atoms with Gasteiger partial charge in [0.05, 0.1) is 10.3 Å². The molecule has 0 bridgehead atoms. The van der Waals surface area contributed by atoms with Crippen LogP contribution < -0.4 is 0 Å². The molecule has 0 fully saturated rings. The quantitative estimate of drug-likeness (QED) is 0.793. The number of hydrogen-bond acceptors (Lipinski definition) is 1. The van der Waals surface area contributed by atoms with Gasteiger partial charge in [0.2, 0.25) is 0 Å². The van der Waals surface area contributed by atoms with Crippen molar-refractivity contribution in [1.29, 1.82) is 0 Å². The van der Waals surface area contributed by atoms with Gasteiger partial charge in [0.1, 0.15) is 0 Å². The highest BCUT2D eigenvalue weighted by Crippen LogP contribution is 2.31. The zero-order valence-corrected chi connectivity index (χ0v) is 13.9. The number of hydrogen-bond donors (Lipinski definition) is 1. The van der Waals surface area contributed by atoms with Crippen molar-refractivity contribution in [2.45, 2.75) is 47.5 Å². The topological polar surface area (TPSA) is 28.1 Å². The van der Waals surface area contributed by atoms with Crippen LogP contribution in [-0.2, 0) is 6.42 Å². The lowest BCUT2D eigenvalue weighted by Gasteiger charge is -2.01. The summed E-state index contributed by atoms with van der Waals surface area (Å²) < 4.78 is 1.08. The second kappa shape index (κ2) is 5.49. The molecule has 3 heteroatoms. The molecule has 0 radical (unpaired) electrons. The Morgan fingerprint density at radius 3 is 2.37 bits per heavy atom. The Kier molecular flexibility index (Phi) is 4.14. The number of H-pyrrole nitrogens is 1. The average molecular weight is 321 g/mol. The lowest BCUT2D eigenvalue weighted by atomic mass is 10.0. The standard InChI is InChI=1S/C16H21BrN2/c1-6-12-9(3)14(18-11(12)5)8-15-13(7-2)10(4)16(17)19-15/h8,19H,6-7H2,1-5H3/b14-8-. The number of nitrogens with zero attached hydrogens (tertiary/aromatic N) is 1. The van der Waals surface area contributed by atoms with Gasteiger partial charge in [-0.2, -0.15) is 0 Å². The van der Waals surface area contributed by atoms with Crippen LogP contribution in [0, 0.1) is 6.92 Å². The molecular weight excluding hydrogens is 300 g/mol. The van der Waals surface area contributed by atoms with Crippen molar-refractivity contribution >= 4 is 27.7 Å². The first-order valence-electron chi connectivity index (χ1n) is 6.83. The summed E-state index contributed by atoms with van der Waals surface area (Å²) in [5.74, 6) is 0. The van der Waals surface area contributed by atoms with Gasteiger partial charge in [-0.3, -0.25) is 4.99 Å². The third-order valence-electron chi connectivity index (χ3n) is 3.90. The Morgan fingerprint density at radius 2 is 1.84 bits per heavy atom. The van der Waals surface area contributed by atoms with E-state index >= 15 is 0 Å². The highest BCUT2D eigenvalue weighted by atomic mass is 79.9. The minimum Gasteiger partial charge on any atom is -0.349 e. The summed E-state index contributed by atoms with van der Waals surface area (Å²) in [4.78, 5) is 8.11. The summed E-state index contributed by atoms with van der Waals surface area (Å²) in [5.41, 5.74) is 8.78. The molecule has 1 aromatic rings. The summed E-state index contributed by atoms with van der Waals surface area (Å²) in [6.45, 7) is 10.8. The number of allylic oxidation sites excluding steroid dienone is 2. The lowest BCUT2D eigenvalue weighted by molar-refractivity contribution is 1.11. The summed E-state index contributed by atoms with van der Waals surface area (Å²) in [6.07, 6.45) is 4.25. The van der Waals surface area contributed by atoms with E-state index in [0.717, 1.165) is 28.9 Å². The first kappa shape index (κ1) is 14.3. The smallest absolute Gasteiger partial charge is 0.0857 e. The maximum Gasteiger partial charge on any atom is 0.0857 e. The first-order valence-corrected chi connectivity index (χ1v) is 7.63. The second-order valence-electron chi connectivity index (χ2n) is 4.99. The SMILES string of the molecule is CCC1=C(C)/C(=C/c2[nH]c(Br)c(C)c2CC)N=C1C. The number of aromatic amines is 1. The predicted molar refractivity (Wildman–Crippen MR) is 86.7 cm³/mol. The van der Waals surface area contributed by atoms with Crippen molar-refractivity contribution in [3.05, 3.63) is 38.3 Å². The summed E-state index contributed by atoms with van der Waals surface area (Å²) in [6, 6.07) is 0. The zero-order chi connectivity index (χ0) is 14.2.